The number of esters is 2. The lowest BCUT2D eigenvalue weighted by Gasteiger charge is -2.50. The zero-order chi connectivity index (χ0) is 46.2. The van der Waals surface area contributed by atoms with E-state index in [1.54, 1.807) is 78.8 Å². The number of ether oxygens (including phenoxy) is 8. The van der Waals surface area contributed by atoms with Crippen molar-refractivity contribution in [3.8, 4) is 0 Å². The first-order valence-corrected chi connectivity index (χ1v) is 21.3. The summed E-state index contributed by atoms with van der Waals surface area (Å²) in [6.07, 6.45) is -9.15. The largest absolute Gasteiger partial charge is 0.459 e. The minimum absolute atomic E-state index is 0.0532. The van der Waals surface area contributed by atoms with Gasteiger partial charge in [0.25, 0.3) is 0 Å². The number of benzene rings is 1. The van der Waals surface area contributed by atoms with E-state index in [1.165, 1.54) is 28.1 Å². The molecule has 16 heteroatoms. The Bertz CT molecular complexity index is 1580. The van der Waals surface area contributed by atoms with Gasteiger partial charge in [0, 0.05) is 26.6 Å². The van der Waals surface area contributed by atoms with E-state index in [0.717, 1.165) is 0 Å². The van der Waals surface area contributed by atoms with E-state index in [9.17, 15) is 34.5 Å². The zero-order valence-electron chi connectivity index (χ0n) is 38.6. The molecule has 61 heavy (non-hydrogen) atoms. The molecule has 16 nitrogen and oxygen atoms in total. The van der Waals surface area contributed by atoms with Gasteiger partial charge in [0.15, 0.2) is 36.4 Å². The average Bonchev–Trinajstić information content (AvgIpc) is 3.22. The Morgan fingerprint density at radius 2 is 1.67 bits per heavy atom. The summed E-state index contributed by atoms with van der Waals surface area (Å²) in [5, 5.41) is 32.8. The quantitative estimate of drug-likeness (QED) is 0.112. The number of hydrogen-bond donors (Lipinski definition) is 3. The summed E-state index contributed by atoms with van der Waals surface area (Å²) < 4.78 is 50.7. The minimum Gasteiger partial charge on any atom is -0.459 e. The highest BCUT2D eigenvalue weighted by molar-refractivity contribution is 5.89. The molecule has 1 aromatic carbocycles. The van der Waals surface area contributed by atoms with E-state index in [1.807, 2.05) is 25.9 Å². The van der Waals surface area contributed by atoms with E-state index in [0.29, 0.717) is 18.3 Å². The van der Waals surface area contributed by atoms with Crippen LogP contribution in [-0.2, 0) is 52.3 Å². The number of nitrogens with zero attached hydrogens (tertiary/aromatic N) is 1. The number of methoxy groups -OCH3 is 2. The molecular formula is C45H73NO15. The predicted octanol–water partition coefficient (Wildman–Crippen LogP) is 3.87. The number of carbonyl (C=O) groups excluding carboxylic acids is 4. The van der Waals surface area contributed by atoms with Gasteiger partial charge >= 0.3 is 11.9 Å². The molecule has 2 unspecified atom stereocenters. The van der Waals surface area contributed by atoms with Gasteiger partial charge < -0.3 is 58.1 Å². The highest BCUT2D eigenvalue weighted by atomic mass is 16.7. The molecule has 348 valence electrons. The molecule has 0 saturated carbocycles. The fraction of sp³-hybridized carbons (Fsp3) is 0.778. The second-order valence-corrected chi connectivity index (χ2v) is 18.0. The second kappa shape index (κ2) is 22.1. The van der Waals surface area contributed by atoms with Gasteiger partial charge in [-0.1, -0.05) is 39.0 Å². The molecular weight excluding hydrogens is 794 g/mol. The third-order valence-corrected chi connectivity index (χ3v) is 12.7. The topological polar surface area (TPSA) is 206 Å². The monoisotopic (exact) mass is 867 g/mol. The third-order valence-electron chi connectivity index (χ3n) is 12.7. The summed E-state index contributed by atoms with van der Waals surface area (Å²) in [5.41, 5.74) is -4.13. The Kier molecular flexibility index (Phi) is 19.0. The SMILES string of the molecule is CC[C@@H](OC(=O)[C@H](C)[C@@H](OC1C[C@@](C)(OC)[C@@H](O)[C@H](C)O1)[C@H](C)[C@@H](OC1O[C@H](C)C[C@H](N(C)C)[C@H]1OC(=O)c1ccccc1)[C@@](C)(C[C@@H](C)[C@H](O)C(C)=O)OC)[C@@](C)(O)C=O. The van der Waals surface area contributed by atoms with Crippen molar-refractivity contribution in [3.63, 3.8) is 0 Å². The van der Waals surface area contributed by atoms with Gasteiger partial charge in [-0.05, 0) is 99.9 Å². The predicted molar refractivity (Wildman–Crippen MR) is 223 cm³/mol. The fourth-order valence-electron chi connectivity index (χ4n) is 8.68. The van der Waals surface area contributed by atoms with Crippen LogP contribution in [0.3, 0.4) is 0 Å². The summed E-state index contributed by atoms with van der Waals surface area (Å²) in [5.74, 6) is -4.49. The van der Waals surface area contributed by atoms with Crippen LogP contribution in [0.1, 0.15) is 105 Å². The lowest BCUT2D eigenvalue weighted by atomic mass is 9.76. The third kappa shape index (κ3) is 12.9. The molecule has 2 aliphatic heterocycles. The summed E-state index contributed by atoms with van der Waals surface area (Å²) in [6.45, 7) is 16.3. The number of hydrogen-bond acceptors (Lipinski definition) is 16. The number of rotatable bonds is 22. The molecule has 2 heterocycles. The molecule has 0 aromatic heterocycles. The van der Waals surface area contributed by atoms with Crippen molar-refractivity contribution >= 4 is 24.0 Å². The van der Waals surface area contributed by atoms with E-state index in [4.69, 9.17) is 37.9 Å². The van der Waals surface area contributed by atoms with Gasteiger partial charge in [-0.2, -0.15) is 0 Å². The van der Waals surface area contributed by atoms with Crippen LogP contribution in [0, 0.1) is 17.8 Å². The van der Waals surface area contributed by atoms with E-state index < -0.39 is 108 Å². The summed E-state index contributed by atoms with van der Waals surface area (Å²) in [7, 11) is 6.67. The normalized spacial score (nSPS) is 31.3. The molecule has 3 rings (SSSR count). The van der Waals surface area contributed by atoms with E-state index >= 15 is 0 Å². The van der Waals surface area contributed by atoms with Crippen molar-refractivity contribution < 1.29 is 72.4 Å². The molecule has 3 N–H and O–H groups in total. The number of likely N-dealkylation sites (N-methyl/N-ethyl adjacent to an activating group) is 1. The van der Waals surface area contributed by atoms with Crippen molar-refractivity contribution in [2.24, 2.45) is 17.8 Å². The van der Waals surface area contributed by atoms with Gasteiger partial charge in [-0.15, -0.1) is 0 Å². The van der Waals surface area contributed by atoms with Crippen LogP contribution >= 0.6 is 0 Å². The van der Waals surface area contributed by atoms with Gasteiger partial charge in [0.05, 0.1) is 53.1 Å². The Hall–Kier alpha value is -2.90. The number of aldehydes is 1. The van der Waals surface area contributed by atoms with Crippen LogP contribution in [0.25, 0.3) is 0 Å². The van der Waals surface area contributed by atoms with Crippen molar-refractivity contribution in [1.29, 1.82) is 0 Å². The summed E-state index contributed by atoms with van der Waals surface area (Å²) in [6, 6.07) is 8.16. The van der Waals surface area contributed by atoms with Gasteiger partial charge in [-0.25, -0.2) is 4.79 Å². The number of aliphatic hydroxyl groups excluding tert-OH is 2. The van der Waals surface area contributed by atoms with Gasteiger partial charge in [-0.3, -0.25) is 14.4 Å². The van der Waals surface area contributed by atoms with Crippen molar-refractivity contribution in [3.05, 3.63) is 35.9 Å². The average molecular weight is 868 g/mol. The molecule has 1 aromatic rings. The number of ketones is 1. The highest BCUT2D eigenvalue weighted by Gasteiger charge is 2.53. The maximum absolute atomic E-state index is 14.2. The van der Waals surface area contributed by atoms with Crippen molar-refractivity contribution in [2.45, 2.75) is 179 Å². The molecule has 0 amide bonds. The fourth-order valence-corrected chi connectivity index (χ4v) is 8.68. The number of Topliss-reactive ketones (excluding diaryl/α,β-unsaturated/α-hetero) is 1. The summed E-state index contributed by atoms with van der Waals surface area (Å²) >= 11 is 0. The molecule has 2 aliphatic rings. The Morgan fingerprint density at radius 1 is 1.05 bits per heavy atom. The zero-order valence-corrected chi connectivity index (χ0v) is 38.6. The van der Waals surface area contributed by atoms with Crippen LogP contribution in [0.2, 0.25) is 0 Å². The molecule has 17 atom stereocenters. The van der Waals surface area contributed by atoms with Crippen LogP contribution in [0.5, 0.6) is 0 Å². The maximum atomic E-state index is 14.2. The molecule has 0 bridgehead atoms. The first-order valence-electron chi connectivity index (χ1n) is 21.3. The molecule has 0 aliphatic carbocycles. The van der Waals surface area contributed by atoms with Gasteiger partial charge in [0.2, 0.25) is 0 Å². The van der Waals surface area contributed by atoms with E-state index in [2.05, 4.69) is 0 Å². The molecule has 0 radical (unpaired) electrons. The molecule has 2 saturated heterocycles. The molecule has 0 spiro atoms. The lowest BCUT2D eigenvalue weighted by Crippen LogP contribution is -2.61. The Morgan fingerprint density at radius 3 is 2.20 bits per heavy atom. The van der Waals surface area contributed by atoms with Crippen LogP contribution in [0.4, 0.5) is 0 Å². The number of aliphatic hydroxyl groups is 3. The molecule has 2 fully saturated rings. The van der Waals surface area contributed by atoms with Gasteiger partial charge in [0.1, 0.15) is 18.3 Å². The van der Waals surface area contributed by atoms with E-state index in [-0.39, 0.29) is 31.4 Å². The standard InChI is InChI=1S/C45H73NO15/c1-15-33(43(8,53)24-47)58-40(51)28(5)36(59-34-23-44(9,54-13)38(50)30(7)57-34)27(4)39(45(10,55-14)22-25(2)35(49)29(6)48)61-42-37(32(46(11)12)21-26(3)56-42)60-41(52)31-19-17-16-18-20-31/h16-20,24-28,30,32-39,42,49-50,53H,15,21-23H2,1-14H3/t25-,26-,27+,28-,30+,32+,33-,34?,35+,36+,37-,38+,39-,42?,43+,44-,45-/m1/s1. The van der Waals surface area contributed by atoms with Crippen molar-refractivity contribution in [1.82, 2.24) is 4.90 Å². The number of carbonyl (C=O) groups is 4. The van der Waals surface area contributed by atoms with Crippen LogP contribution in [-0.4, -0.2) is 157 Å². The highest BCUT2D eigenvalue weighted by Crippen LogP contribution is 2.41. The van der Waals surface area contributed by atoms with Crippen LogP contribution in [0.15, 0.2) is 30.3 Å². The minimum atomic E-state index is -1.98. The van der Waals surface area contributed by atoms with Crippen LogP contribution < -0.4 is 0 Å². The Balaban J connectivity index is 2.24. The van der Waals surface area contributed by atoms with Crippen molar-refractivity contribution in [2.75, 3.05) is 28.3 Å². The summed E-state index contributed by atoms with van der Waals surface area (Å²) in [4.78, 5) is 54.2. The first-order chi connectivity index (χ1) is 28.4. The second-order valence-electron chi connectivity index (χ2n) is 18.0. The smallest absolute Gasteiger partial charge is 0.338 e. The first kappa shape index (κ1) is 52.4. The Labute approximate surface area is 361 Å². The lowest BCUT2D eigenvalue weighted by molar-refractivity contribution is -0.319. The maximum Gasteiger partial charge on any atom is 0.338 e.